The minimum atomic E-state index is -0.490. The Hall–Kier alpha value is -2.16. The number of aliphatic hydroxyl groups excluding tert-OH is 1. The van der Waals surface area contributed by atoms with Crippen molar-refractivity contribution in [1.29, 1.82) is 0 Å². The molecule has 8 heteroatoms. The second-order valence-corrected chi connectivity index (χ2v) is 7.79. The number of hydrogen-bond acceptors (Lipinski definition) is 8. The summed E-state index contributed by atoms with van der Waals surface area (Å²) in [7, 11) is 1.59. The maximum Gasteiger partial charge on any atom is 0.183 e. The highest BCUT2D eigenvalue weighted by Crippen LogP contribution is 2.39. The fraction of sp³-hybridized carbons (Fsp3) is 0.474. The van der Waals surface area contributed by atoms with Crippen LogP contribution in [-0.2, 0) is 17.6 Å². The molecule has 1 atom stereocenters. The number of ether oxygens (including phenoxy) is 1. The zero-order valence-electron chi connectivity index (χ0n) is 15.3. The van der Waals surface area contributed by atoms with Gasteiger partial charge in [0.2, 0.25) is 0 Å². The quantitative estimate of drug-likeness (QED) is 0.646. The van der Waals surface area contributed by atoms with Crippen molar-refractivity contribution in [2.75, 3.05) is 25.6 Å². The van der Waals surface area contributed by atoms with Gasteiger partial charge in [0, 0.05) is 30.9 Å². The van der Waals surface area contributed by atoms with Gasteiger partial charge < -0.3 is 15.2 Å². The van der Waals surface area contributed by atoms with E-state index in [-0.39, 0.29) is 0 Å². The van der Waals surface area contributed by atoms with Crippen LogP contribution in [0.15, 0.2) is 18.6 Å². The second kappa shape index (κ2) is 8.24. The largest absolute Gasteiger partial charge is 0.391 e. The molecule has 0 bridgehead atoms. The van der Waals surface area contributed by atoms with Gasteiger partial charge in [0.15, 0.2) is 5.82 Å². The molecule has 0 saturated carbocycles. The molecule has 1 unspecified atom stereocenters. The average molecular weight is 385 g/mol. The first-order valence-electron chi connectivity index (χ1n) is 9.26. The van der Waals surface area contributed by atoms with Crippen LogP contribution in [0.3, 0.4) is 0 Å². The van der Waals surface area contributed by atoms with Crippen LogP contribution in [-0.4, -0.2) is 51.4 Å². The molecule has 0 saturated heterocycles. The Labute approximate surface area is 161 Å². The summed E-state index contributed by atoms with van der Waals surface area (Å²) in [5, 5.41) is 14.5. The fourth-order valence-electron chi connectivity index (χ4n) is 3.45. The standard InChI is InChI=1S/C19H23N5O2S/c1-26-11-12(25)6-7-22-18-16-13-4-2-3-5-15(13)27-19(16)24-17(23-18)14-10-20-8-9-21-14/h8-10,12,25H,2-7,11H2,1H3,(H,22,23,24). The van der Waals surface area contributed by atoms with Crippen molar-refractivity contribution in [3.8, 4) is 11.5 Å². The number of aryl methyl sites for hydroxylation is 2. The molecule has 3 heterocycles. The molecule has 1 aliphatic rings. The monoisotopic (exact) mass is 385 g/mol. The minimum absolute atomic E-state index is 0.333. The van der Waals surface area contributed by atoms with E-state index >= 15 is 0 Å². The van der Waals surface area contributed by atoms with Gasteiger partial charge in [0.1, 0.15) is 16.3 Å². The highest BCUT2D eigenvalue weighted by Gasteiger charge is 2.22. The van der Waals surface area contributed by atoms with Gasteiger partial charge in [0.25, 0.3) is 0 Å². The van der Waals surface area contributed by atoms with E-state index in [0.717, 1.165) is 28.9 Å². The van der Waals surface area contributed by atoms with E-state index in [4.69, 9.17) is 14.7 Å². The molecule has 3 aromatic heterocycles. The summed E-state index contributed by atoms with van der Waals surface area (Å²) in [5.41, 5.74) is 2.04. The number of rotatable bonds is 7. The number of aromatic nitrogens is 4. The lowest BCUT2D eigenvalue weighted by Gasteiger charge is -2.14. The molecule has 0 aliphatic heterocycles. The number of thiophene rings is 1. The van der Waals surface area contributed by atoms with Crippen molar-refractivity contribution >= 4 is 27.4 Å². The number of anilines is 1. The Morgan fingerprint density at radius 3 is 2.96 bits per heavy atom. The van der Waals surface area contributed by atoms with E-state index < -0.39 is 6.10 Å². The van der Waals surface area contributed by atoms with Gasteiger partial charge in [-0.15, -0.1) is 11.3 Å². The zero-order chi connectivity index (χ0) is 18.6. The normalized spacial score (nSPS) is 14.9. The smallest absolute Gasteiger partial charge is 0.183 e. The van der Waals surface area contributed by atoms with Gasteiger partial charge in [-0.05, 0) is 37.7 Å². The maximum absolute atomic E-state index is 9.91. The van der Waals surface area contributed by atoms with Crippen LogP contribution in [0.1, 0.15) is 29.7 Å². The summed E-state index contributed by atoms with van der Waals surface area (Å²) in [6.07, 6.45) is 9.70. The van der Waals surface area contributed by atoms with Gasteiger partial charge >= 0.3 is 0 Å². The summed E-state index contributed by atoms with van der Waals surface area (Å²) in [6, 6.07) is 0. The van der Waals surface area contributed by atoms with Gasteiger partial charge in [-0.3, -0.25) is 4.98 Å². The molecule has 3 aromatic rings. The van der Waals surface area contributed by atoms with Crippen LogP contribution in [0.5, 0.6) is 0 Å². The number of nitrogens with zero attached hydrogens (tertiary/aromatic N) is 4. The second-order valence-electron chi connectivity index (χ2n) is 6.70. The van der Waals surface area contributed by atoms with Crippen LogP contribution in [0.4, 0.5) is 5.82 Å². The van der Waals surface area contributed by atoms with Gasteiger partial charge in [-0.25, -0.2) is 15.0 Å². The minimum Gasteiger partial charge on any atom is -0.391 e. The van der Waals surface area contributed by atoms with Crippen molar-refractivity contribution in [3.63, 3.8) is 0 Å². The Morgan fingerprint density at radius 1 is 1.26 bits per heavy atom. The van der Waals surface area contributed by atoms with Crippen LogP contribution in [0, 0.1) is 0 Å². The number of aliphatic hydroxyl groups is 1. The zero-order valence-corrected chi connectivity index (χ0v) is 16.1. The van der Waals surface area contributed by atoms with Crippen molar-refractivity contribution in [2.24, 2.45) is 0 Å². The number of nitrogens with one attached hydrogen (secondary N) is 1. The molecule has 0 fully saturated rings. The summed E-state index contributed by atoms with van der Waals surface area (Å²) in [4.78, 5) is 20.4. The molecule has 0 spiro atoms. The lowest BCUT2D eigenvalue weighted by Crippen LogP contribution is -2.19. The predicted octanol–water partition coefficient (Wildman–Crippen LogP) is 2.84. The molecule has 0 aromatic carbocycles. The van der Waals surface area contributed by atoms with Gasteiger partial charge in [0.05, 0.1) is 24.3 Å². The molecular weight excluding hydrogens is 362 g/mol. The molecule has 4 rings (SSSR count). The Balaban J connectivity index is 1.70. The predicted molar refractivity (Wildman–Crippen MR) is 106 cm³/mol. The lowest BCUT2D eigenvalue weighted by atomic mass is 9.97. The third-order valence-corrected chi connectivity index (χ3v) is 5.92. The Kier molecular flexibility index (Phi) is 5.56. The van der Waals surface area contributed by atoms with E-state index in [2.05, 4.69) is 15.3 Å². The molecule has 0 radical (unpaired) electrons. The molecule has 1 aliphatic carbocycles. The molecule has 7 nitrogen and oxygen atoms in total. The van der Waals surface area contributed by atoms with E-state index in [1.54, 1.807) is 37.0 Å². The van der Waals surface area contributed by atoms with Gasteiger partial charge in [-0.1, -0.05) is 0 Å². The average Bonchev–Trinajstić information content (AvgIpc) is 3.07. The van der Waals surface area contributed by atoms with E-state index in [0.29, 0.717) is 31.1 Å². The van der Waals surface area contributed by atoms with Crippen molar-refractivity contribution in [2.45, 2.75) is 38.2 Å². The third-order valence-electron chi connectivity index (χ3n) is 4.74. The summed E-state index contributed by atoms with van der Waals surface area (Å²) in [5.74, 6) is 1.40. The van der Waals surface area contributed by atoms with Crippen molar-refractivity contribution in [1.82, 2.24) is 19.9 Å². The van der Waals surface area contributed by atoms with Crippen LogP contribution < -0.4 is 5.32 Å². The summed E-state index contributed by atoms with van der Waals surface area (Å²) < 4.78 is 5.00. The highest BCUT2D eigenvalue weighted by atomic mass is 32.1. The number of hydrogen-bond donors (Lipinski definition) is 2. The topological polar surface area (TPSA) is 93.1 Å². The third kappa shape index (κ3) is 3.92. The van der Waals surface area contributed by atoms with E-state index in [1.807, 2.05) is 0 Å². The van der Waals surface area contributed by atoms with Crippen molar-refractivity contribution in [3.05, 3.63) is 29.0 Å². The van der Waals surface area contributed by atoms with Crippen molar-refractivity contribution < 1.29 is 9.84 Å². The number of fused-ring (bicyclic) bond motifs is 3. The molecule has 27 heavy (non-hydrogen) atoms. The summed E-state index contributed by atoms with van der Waals surface area (Å²) >= 11 is 1.76. The molecule has 2 N–H and O–H groups in total. The number of methoxy groups -OCH3 is 1. The maximum atomic E-state index is 9.91. The Bertz CT molecular complexity index is 915. The molecule has 142 valence electrons. The van der Waals surface area contributed by atoms with E-state index in [1.165, 1.54) is 23.3 Å². The SMILES string of the molecule is COCC(O)CCNc1nc(-c2cnccn2)nc2sc3c(c12)CCCC3. The Morgan fingerprint density at radius 2 is 2.15 bits per heavy atom. The first-order valence-corrected chi connectivity index (χ1v) is 10.1. The molecule has 0 amide bonds. The van der Waals surface area contributed by atoms with Crippen LogP contribution in [0.2, 0.25) is 0 Å². The molecular formula is C19H23N5O2S. The van der Waals surface area contributed by atoms with E-state index in [9.17, 15) is 5.11 Å². The van der Waals surface area contributed by atoms with Crippen LogP contribution >= 0.6 is 11.3 Å². The van der Waals surface area contributed by atoms with Gasteiger partial charge in [-0.2, -0.15) is 0 Å². The summed E-state index contributed by atoms with van der Waals surface area (Å²) in [6.45, 7) is 0.945. The highest BCUT2D eigenvalue weighted by molar-refractivity contribution is 7.19. The lowest BCUT2D eigenvalue weighted by molar-refractivity contribution is 0.0615. The first kappa shape index (κ1) is 18.2. The fourth-order valence-corrected chi connectivity index (χ4v) is 4.71. The van der Waals surface area contributed by atoms with Crippen LogP contribution in [0.25, 0.3) is 21.7 Å². The first-order chi connectivity index (χ1) is 13.3.